The molecule has 29 heavy (non-hydrogen) atoms. The molecule has 7 heteroatoms. The smallest absolute Gasteiger partial charge is 0.256 e. The first-order valence-electron chi connectivity index (χ1n) is 8.78. The van der Waals surface area contributed by atoms with E-state index in [1.807, 2.05) is 12.1 Å². The number of thioether (sulfide) groups is 1. The van der Waals surface area contributed by atoms with Crippen molar-refractivity contribution in [2.45, 2.75) is 4.90 Å². The van der Waals surface area contributed by atoms with Crippen molar-refractivity contribution in [3.05, 3.63) is 83.4 Å². The number of carbonyl (C=O) groups is 2. The normalized spacial score (nSPS) is 10.3. The number of rotatable bonds is 7. The summed E-state index contributed by atoms with van der Waals surface area (Å²) < 4.78 is 5.15. The molecule has 3 aromatic rings. The van der Waals surface area contributed by atoms with Crippen LogP contribution in [0.3, 0.4) is 0 Å². The maximum atomic E-state index is 12.7. The zero-order valence-electron chi connectivity index (χ0n) is 15.6. The Labute approximate surface area is 178 Å². The van der Waals surface area contributed by atoms with E-state index in [9.17, 15) is 9.59 Å². The second-order valence-electron chi connectivity index (χ2n) is 6.03. The third-order valence-electron chi connectivity index (χ3n) is 3.95. The van der Waals surface area contributed by atoms with E-state index in [1.54, 1.807) is 67.8 Å². The topological polar surface area (TPSA) is 67.4 Å². The summed E-state index contributed by atoms with van der Waals surface area (Å²) in [4.78, 5) is 25.7. The summed E-state index contributed by atoms with van der Waals surface area (Å²) in [5.41, 5.74) is 1.81. The Balaban J connectivity index is 1.63. The van der Waals surface area contributed by atoms with Gasteiger partial charge in [-0.3, -0.25) is 9.59 Å². The molecular weight excluding hydrogens is 408 g/mol. The second-order valence-corrected chi connectivity index (χ2v) is 7.48. The molecule has 2 amide bonds. The number of benzene rings is 3. The zero-order valence-corrected chi connectivity index (χ0v) is 17.2. The number of carbonyl (C=O) groups excluding carboxylic acids is 2. The van der Waals surface area contributed by atoms with Gasteiger partial charge in [-0.25, -0.2) is 0 Å². The van der Waals surface area contributed by atoms with Gasteiger partial charge in [-0.15, -0.1) is 11.8 Å². The van der Waals surface area contributed by atoms with Crippen LogP contribution in [0.15, 0.2) is 77.7 Å². The minimum absolute atomic E-state index is 0.169. The average Bonchev–Trinajstić information content (AvgIpc) is 2.74. The SMILES string of the molecule is COc1cccc(NC(=O)CSc2ccccc2C(=O)Nc2ccc(Cl)cc2)c1. The Bertz CT molecular complexity index is 1010. The molecule has 0 fully saturated rings. The van der Waals surface area contributed by atoms with Crippen molar-refractivity contribution in [1.29, 1.82) is 0 Å². The van der Waals surface area contributed by atoms with Gasteiger partial charge < -0.3 is 15.4 Å². The fraction of sp³-hybridized carbons (Fsp3) is 0.0909. The van der Waals surface area contributed by atoms with Crippen molar-refractivity contribution in [3.8, 4) is 5.75 Å². The van der Waals surface area contributed by atoms with Crippen LogP contribution in [0, 0.1) is 0 Å². The Morgan fingerprint density at radius 2 is 1.69 bits per heavy atom. The van der Waals surface area contributed by atoms with Crippen molar-refractivity contribution in [3.63, 3.8) is 0 Å². The van der Waals surface area contributed by atoms with E-state index in [2.05, 4.69) is 10.6 Å². The molecule has 0 spiro atoms. The summed E-state index contributed by atoms with van der Waals surface area (Å²) >= 11 is 7.18. The quantitative estimate of drug-likeness (QED) is 0.501. The number of halogens is 1. The van der Waals surface area contributed by atoms with Crippen molar-refractivity contribution >= 4 is 46.6 Å². The van der Waals surface area contributed by atoms with Gasteiger partial charge in [-0.2, -0.15) is 0 Å². The molecule has 0 bridgehead atoms. The van der Waals surface area contributed by atoms with Crippen LogP contribution in [-0.2, 0) is 4.79 Å². The van der Waals surface area contributed by atoms with Gasteiger partial charge in [0, 0.05) is 27.4 Å². The van der Waals surface area contributed by atoms with E-state index in [1.165, 1.54) is 11.8 Å². The number of amides is 2. The molecule has 0 saturated heterocycles. The first kappa shape index (κ1) is 20.8. The first-order chi connectivity index (χ1) is 14.0. The number of methoxy groups -OCH3 is 1. The van der Waals surface area contributed by atoms with E-state index < -0.39 is 0 Å². The maximum Gasteiger partial charge on any atom is 0.256 e. The van der Waals surface area contributed by atoms with Gasteiger partial charge in [0.2, 0.25) is 5.91 Å². The molecule has 3 rings (SSSR count). The highest BCUT2D eigenvalue weighted by Gasteiger charge is 2.13. The molecule has 148 valence electrons. The molecule has 0 unspecified atom stereocenters. The molecule has 0 aliphatic carbocycles. The minimum Gasteiger partial charge on any atom is -0.497 e. The predicted molar refractivity (Wildman–Crippen MR) is 118 cm³/mol. The summed E-state index contributed by atoms with van der Waals surface area (Å²) in [6.45, 7) is 0. The molecule has 0 atom stereocenters. The lowest BCUT2D eigenvalue weighted by Crippen LogP contribution is -2.16. The third kappa shape index (κ3) is 6.01. The van der Waals surface area contributed by atoms with Crippen molar-refractivity contribution in [1.82, 2.24) is 0 Å². The fourth-order valence-corrected chi connectivity index (χ4v) is 3.53. The first-order valence-corrected chi connectivity index (χ1v) is 10.1. The molecule has 0 aliphatic rings. The summed E-state index contributed by atoms with van der Waals surface area (Å²) in [7, 11) is 1.57. The largest absolute Gasteiger partial charge is 0.497 e. The van der Waals surface area contributed by atoms with Crippen LogP contribution in [0.1, 0.15) is 10.4 Å². The van der Waals surface area contributed by atoms with Gasteiger partial charge in [0.15, 0.2) is 0 Å². The van der Waals surface area contributed by atoms with Gasteiger partial charge in [0.1, 0.15) is 5.75 Å². The zero-order chi connectivity index (χ0) is 20.6. The summed E-state index contributed by atoms with van der Waals surface area (Å²) in [6, 6.07) is 21.2. The van der Waals surface area contributed by atoms with Gasteiger partial charge in [0.25, 0.3) is 5.91 Å². The van der Waals surface area contributed by atoms with E-state index >= 15 is 0 Å². The summed E-state index contributed by atoms with van der Waals surface area (Å²) in [5.74, 6) is 0.419. The fourth-order valence-electron chi connectivity index (χ4n) is 2.55. The number of hydrogen-bond donors (Lipinski definition) is 2. The van der Waals surface area contributed by atoms with Crippen molar-refractivity contribution < 1.29 is 14.3 Å². The molecule has 5 nitrogen and oxygen atoms in total. The lowest BCUT2D eigenvalue weighted by atomic mass is 10.2. The molecule has 0 aromatic heterocycles. The Morgan fingerprint density at radius 3 is 2.45 bits per heavy atom. The molecule has 0 heterocycles. The molecule has 0 aliphatic heterocycles. The van der Waals surface area contributed by atoms with Crippen molar-refractivity contribution in [2.75, 3.05) is 23.5 Å². The summed E-state index contributed by atoms with van der Waals surface area (Å²) in [6.07, 6.45) is 0. The second kappa shape index (κ2) is 10.0. The van der Waals surface area contributed by atoms with E-state index in [0.29, 0.717) is 27.7 Å². The molecular formula is C22H19ClN2O3S. The molecule has 0 saturated carbocycles. The lowest BCUT2D eigenvalue weighted by molar-refractivity contribution is -0.113. The Kier molecular flexibility index (Phi) is 7.16. The van der Waals surface area contributed by atoms with Crippen LogP contribution in [0.25, 0.3) is 0 Å². The lowest BCUT2D eigenvalue weighted by Gasteiger charge is -2.11. The highest BCUT2D eigenvalue weighted by Crippen LogP contribution is 2.25. The number of ether oxygens (including phenoxy) is 1. The molecule has 3 aromatic carbocycles. The number of anilines is 2. The highest BCUT2D eigenvalue weighted by molar-refractivity contribution is 8.00. The highest BCUT2D eigenvalue weighted by atomic mass is 35.5. The van der Waals surface area contributed by atoms with Gasteiger partial charge >= 0.3 is 0 Å². The Morgan fingerprint density at radius 1 is 0.931 bits per heavy atom. The van der Waals surface area contributed by atoms with Gasteiger partial charge in [0.05, 0.1) is 18.4 Å². The summed E-state index contributed by atoms with van der Waals surface area (Å²) in [5, 5.41) is 6.27. The van der Waals surface area contributed by atoms with E-state index in [4.69, 9.17) is 16.3 Å². The number of nitrogens with one attached hydrogen (secondary N) is 2. The molecule has 0 radical (unpaired) electrons. The van der Waals surface area contributed by atoms with Crippen LogP contribution in [0.5, 0.6) is 5.75 Å². The van der Waals surface area contributed by atoms with Crippen molar-refractivity contribution in [2.24, 2.45) is 0 Å². The minimum atomic E-state index is -0.247. The van der Waals surface area contributed by atoms with Gasteiger partial charge in [-0.1, -0.05) is 29.8 Å². The Hall–Kier alpha value is -2.96. The van der Waals surface area contributed by atoms with Crippen LogP contribution in [-0.4, -0.2) is 24.7 Å². The standard InChI is InChI=1S/C22H19ClN2O3S/c1-28-18-6-4-5-17(13-18)24-21(26)14-29-20-8-3-2-7-19(20)22(27)25-16-11-9-15(23)10-12-16/h2-13H,14H2,1H3,(H,24,26)(H,25,27). The molecule has 2 N–H and O–H groups in total. The average molecular weight is 427 g/mol. The van der Waals surface area contributed by atoms with Crippen LogP contribution >= 0.6 is 23.4 Å². The van der Waals surface area contributed by atoms with Crippen LogP contribution < -0.4 is 15.4 Å². The maximum absolute atomic E-state index is 12.7. The van der Waals surface area contributed by atoms with Crippen LogP contribution in [0.2, 0.25) is 5.02 Å². The monoisotopic (exact) mass is 426 g/mol. The third-order valence-corrected chi connectivity index (χ3v) is 5.27. The van der Waals surface area contributed by atoms with E-state index in [0.717, 1.165) is 4.90 Å². The predicted octanol–water partition coefficient (Wildman–Crippen LogP) is 5.33. The van der Waals surface area contributed by atoms with Gasteiger partial charge in [-0.05, 0) is 48.5 Å². The van der Waals surface area contributed by atoms with Crippen LogP contribution in [0.4, 0.5) is 11.4 Å². The number of hydrogen-bond acceptors (Lipinski definition) is 4. The van der Waals surface area contributed by atoms with E-state index in [-0.39, 0.29) is 17.6 Å².